The average molecular weight is 831 g/mol. The Morgan fingerprint density at radius 1 is 0.197 bits per heavy atom. The van der Waals surface area contributed by atoms with E-state index in [1.54, 1.807) is 0 Å². The lowest BCUT2D eigenvalue weighted by Gasteiger charge is -2.19. The van der Waals surface area contributed by atoms with Gasteiger partial charge in [-0.1, -0.05) is 182 Å². The largest absolute Gasteiger partial charge is 0.0622 e. The van der Waals surface area contributed by atoms with Crippen LogP contribution < -0.4 is 0 Å². The van der Waals surface area contributed by atoms with Crippen LogP contribution in [-0.4, -0.2) is 0 Å². The number of hydrogen-bond donors (Lipinski definition) is 0. The number of rotatable bonds is 3. The van der Waals surface area contributed by atoms with Gasteiger partial charge in [-0.25, -0.2) is 0 Å². The molecule has 1 aliphatic carbocycles. The molecule has 0 nitrogen and oxygen atoms in total. The van der Waals surface area contributed by atoms with Crippen LogP contribution in [0, 0.1) is 34.7 Å². The molecule has 0 N–H and O–H groups in total. The van der Waals surface area contributed by atoms with E-state index in [-0.39, 0.29) is 0 Å². The summed E-state index contributed by atoms with van der Waals surface area (Å²) >= 11 is 0. The maximum Gasteiger partial charge on any atom is -0.000718 e. The lowest BCUT2D eigenvalue weighted by Crippen LogP contribution is -1.91. The number of hydrogen-bond acceptors (Lipinski definition) is 0. The van der Waals surface area contributed by atoms with E-state index >= 15 is 0 Å². The van der Waals surface area contributed by atoms with Crippen LogP contribution in [0.2, 0.25) is 0 Å². The van der Waals surface area contributed by atoms with E-state index in [0.717, 1.165) is 0 Å². The first-order valence-corrected chi connectivity index (χ1v) is 23.3. The highest BCUT2D eigenvalue weighted by molar-refractivity contribution is 6.48. The molecule has 16 rings (SSSR count). The number of aryl methyl sites for hydroxylation is 2. The fraction of sp³-hybridized carbons (Fsp3) is 0.0303. The van der Waals surface area contributed by atoms with Gasteiger partial charge in [0.2, 0.25) is 0 Å². The molecule has 0 unspecified atom stereocenters. The zero-order chi connectivity index (χ0) is 43.1. The van der Waals surface area contributed by atoms with Crippen LogP contribution in [0.25, 0.3) is 141 Å². The second kappa shape index (κ2) is 12.3. The summed E-state index contributed by atoms with van der Waals surface area (Å²) in [5.41, 5.74) is 10.4. The Morgan fingerprint density at radius 2 is 0.652 bits per heavy atom. The quantitative estimate of drug-likeness (QED) is 0.123. The highest BCUT2D eigenvalue weighted by Crippen LogP contribution is 2.56. The fourth-order valence-corrected chi connectivity index (χ4v) is 13.4. The highest BCUT2D eigenvalue weighted by atomic mass is 14.3. The van der Waals surface area contributed by atoms with Crippen LogP contribution in [0.15, 0.2) is 194 Å². The van der Waals surface area contributed by atoms with Gasteiger partial charge in [-0.15, -0.1) is 0 Å². The highest BCUT2D eigenvalue weighted by Gasteiger charge is 2.28. The van der Waals surface area contributed by atoms with Gasteiger partial charge in [0.05, 0.1) is 0 Å². The van der Waals surface area contributed by atoms with Crippen LogP contribution in [0.5, 0.6) is 0 Å². The molecule has 0 atom stereocenters. The fourth-order valence-electron chi connectivity index (χ4n) is 13.4. The Bertz CT molecular complexity index is 4810. The molecule has 66 heavy (non-hydrogen) atoms. The molecule has 0 amide bonds. The van der Waals surface area contributed by atoms with Crippen LogP contribution in [0.3, 0.4) is 0 Å². The lowest BCUT2D eigenvalue weighted by molar-refractivity contribution is 1.37. The maximum atomic E-state index is 2.54. The van der Waals surface area contributed by atoms with Crippen LogP contribution >= 0.6 is 0 Å². The molecule has 0 saturated carbocycles. The molecule has 0 spiro atoms. The van der Waals surface area contributed by atoms with Crippen LogP contribution in [0.1, 0.15) is 11.1 Å². The molecular formula is C66H38. The molecular weight excluding hydrogens is 793 g/mol. The molecule has 15 aromatic rings. The van der Waals surface area contributed by atoms with E-state index < -0.39 is 0 Å². The molecule has 15 aromatic carbocycles. The van der Waals surface area contributed by atoms with E-state index in [1.807, 2.05) is 0 Å². The van der Waals surface area contributed by atoms with Crippen molar-refractivity contribution in [1.29, 1.82) is 0 Å². The summed E-state index contributed by atoms with van der Waals surface area (Å²) < 4.78 is 0. The van der Waals surface area contributed by atoms with E-state index in [9.17, 15) is 0 Å². The van der Waals surface area contributed by atoms with Crippen molar-refractivity contribution < 1.29 is 0 Å². The normalized spacial score (nSPS) is 12.7. The minimum atomic E-state index is 1.25. The van der Waals surface area contributed by atoms with Gasteiger partial charge >= 0.3 is 0 Å². The predicted molar refractivity (Wildman–Crippen MR) is 283 cm³/mol. The summed E-state index contributed by atoms with van der Waals surface area (Å²) in [6.45, 7) is 4.47. The van der Waals surface area contributed by atoms with Gasteiger partial charge in [0, 0.05) is 0 Å². The molecule has 0 bridgehead atoms. The zero-order valence-corrected chi connectivity index (χ0v) is 36.5. The van der Waals surface area contributed by atoms with Gasteiger partial charge in [-0.05, 0) is 199 Å². The molecule has 302 valence electrons. The first-order valence-electron chi connectivity index (χ1n) is 23.3. The van der Waals surface area contributed by atoms with Crippen molar-refractivity contribution in [2.45, 2.75) is 13.8 Å². The standard InChI is InChI=1S/C66H38/c1-35-13-11-14-36(2)56(35)39-23-24-42-44-25-26-45-47-29-31-51-63-52(32-30-48(62(47)63)46-27-28-49(53(42)33-39)60(44)61(45)46)66-58(38-17-7-4-8-18-38)64-50-22-12-21-43-40-19-9-10-20-41(40)54(59(43)50)34-55(64)57(65(51)66)37-15-5-3-6-16-37/h3-34H,1-2H3. The van der Waals surface area contributed by atoms with Crippen molar-refractivity contribution in [3.8, 4) is 33.4 Å². The first kappa shape index (κ1) is 35.1. The topological polar surface area (TPSA) is 0 Å². The Labute approximate surface area is 379 Å². The van der Waals surface area contributed by atoms with Crippen molar-refractivity contribution in [3.63, 3.8) is 0 Å². The minimum absolute atomic E-state index is 1.25. The summed E-state index contributed by atoms with van der Waals surface area (Å²) in [6.07, 6.45) is 0. The molecule has 1 aliphatic rings. The molecule has 0 heterocycles. The zero-order valence-electron chi connectivity index (χ0n) is 36.5. The van der Waals surface area contributed by atoms with Gasteiger partial charge in [0.1, 0.15) is 0 Å². The first-order chi connectivity index (χ1) is 32.6. The van der Waals surface area contributed by atoms with E-state index in [2.05, 4.69) is 208 Å². The van der Waals surface area contributed by atoms with Crippen molar-refractivity contribution in [3.05, 3.63) is 226 Å². The third-order valence-electron chi connectivity index (χ3n) is 15.9. The third-order valence-corrected chi connectivity index (χ3v) is 15.9. The van der Waals surface area contributed by atoms with Crippen LogP contribution in [0.4, 0.5) is 0 Å². The second-order valence-electron chi connectivity index (χ2n) is 19.0. The van der Waals surface area contributed by atoms with Crippen molar-refractivity contribution >= 4 is 108 Å². The third kappa shape index (κ3) is 4.18. The Kier molecular flexibility index (Phi) is 6.52. The summed E-state index contributed by atoms with van der Waals surface area (Å²) in [4.78, 5) is 0. The number of benzene rings is 13. The lowest BCUT2D eigenvalue weighted by atomic mass is 9.84. The molecule has 0 heteroatoms. The molecule has 0 radical (unpaired) electrons. The Morgan fingerprint density at radius 3 is 1.33 bits per heavy atom. The van der Waals surface area contributed by atoms with E-state index in [0.29, 0.717) is 0 Å². The van der Waals surface area contributed by atoms with Crippen molar-refractivity contribution in [2.24, 2.45) is 0 Å². The molecule has 0 fully saturated rings. The second-order valence-corrected chi connectivity index (χ2v) is 19.0. The van der Waals surface area contributed by atoms with Gasteiger partial charge in [-0.2, -0.15) is 0 Å². The van der Waals surface area contributed by atoms with E-state index in [4.69, 9.17) is 0 Å². The predicted octanol–water partition coefficient (Wildman–Crippen LogP) is 18.0. The summed E-state index contributed by atoms with van der Waals surface area (Å²) in [5.74, 6) is 0. The summed E-state index contributed by atoms with van der Waals surface area (Å²) in [6, 6.07) is 74.3. The summed E-state index contributed by atoms with van der Waals surface area (Å²) in [5, 5.41) is 32.2. The van der Waals surface area contributed by atoms with Crippen molar-refractivity contribution in [1.82, 2.24) is 0 Å². The SMILES string of the molecule is Cc1cccc(C)c1-c1ccc2c(c1)=c1ccc3c4ccc5c6c(-c7ccccc7)c7c(cc8c9ccccc9c9cccc7c98)c(-c7ccccc7)c6c6ccc(c7ccc=2c1c73)c4c65. The molecule has 0 aliphatic heterocycles. The summed E-state index contributed by atoms with van der Waals surface area (Å²) in [7, 11) is 0. The molecule has 0 saturated heterocycles. The van der Waals surface area contributed by atoms with Gasteiger partial charge < -0.3 is 0 Å². The monoisotopic (exact) mass is 830 g/mol. The smallest absolute Gasteiger partial charge is 0.000718 e. The Balaban J connectivity index is 1.10. The number of fused-ring (bicyclic) bond motifs is 11. The molecule has 0 aromatic heterocycles. The van der Waals surface area contributed by atoms with Gasteiger partial charge in [0.15, 0.2) is 0 Å². The van der Waals surface area contributed by atoms with Gasteiger partial charge in [-0.3, -0.25) is 0 Å². The minimum Gasteiger partial charge on any atom is -0.0622 e. The van der Waals surface area contributed by atoms with Crippen molar-refractivity contribution in [2.75, 3.05) is 0 Å². The maximum absolute atomic E-state index is 2.54. The van der Waals surface area contributed by atoms with Gasteiger partial charge in [0.25, 0.3) is 0 Å². The Hall–Kier alpha value is -8.32. The average Bonchev–Trinajstić information content (AvgIpc) is 3.99. The van der Waals surface area contributed by atoms with E-state index in [1.165, 1.54) is 173 Å². The van der Waals surface area contributed by atoms with Crippen LogP contribution in [-0.2, 0) is 0 Å².